The van der Waals surface area contributed by atoms with Crippen LogP contribution in [0.2, 0.25) is 0 Å². The van der Waals surface area contributed by atoms with Gasteiger partial charge >= 0.3 is 5.97 Å². The summed E-state index contributed by atoms with van der Waals surface area (Å²) in [4.78, 5) is 22.2. The van der Waals surface area contributed by atoms with E-state index >= 15 is 0 Å². The first-order chi connectivity index (χ1) is 18.9. The van der Waals surface area contributed by atoms with Crippen LogP contribution in [0, 0.1) is 12.7 Å². The first-order valence-corrected chi connectivity index (χ1v) is 12.8. The third kappa shape index (κ3) is 6.78. The first-order valence-electron chi connectivity index (χ1n) is 12.8. The Labute approximate surface area is 228 Å². The van der Waals surface area contributed by atoms with Crippen LogP contribution >= 0.6 is 0 Å². The normalized spacial score (nSPS) is 12.7. The SMILES string of the molecule is CC.COCc1ccccc1.Cc1cc(C2(C(=O)O)CC2)ccc1-c1ccc(-n2ncc(F)c2NC=O)cc1. The Kier molecular flexibility index (Phi) is 10.1. The highest BCUT2D eigenvalue weighted by atomic mass is 19.1. The number of methoxy groups -OCH3 is 1. The maximum atomic E-state index is 13.7. The molecular weight excluding hydrogens is 497 g/mol. The van der Waals surface area contributed by atoms with Crippen LogP contribution in [-0.4, -0.2) is 34.4 Å². The predicted molar refractivity (Wildman–Crippen MR) is 150 cm³/mol. The van der Waals surface area contributed by atoms with Gasteiger partial charge in [0.15, 0.2) is 11.6 Å². The molecule has 2 N–H and O–H groups in total. The number of nitrogens with zero attached hydrogens (tertiary/aromatic N) is 2. The van der Waals surface area contributed by atoms with Crippen molar-refractivity contribution in [1.29, 1.82) is 0 Å². The van der Waals surface area contributed by atoms with Gasteiger partial charge in [-0.05, 0) is 59.7 Å². The molecule has 1 saturated carbocycles. The van der Waals surface area contributed by atoms with E-state index in [1.807, 2.05) is 81.4 Å². The third-order valence-electron chi connectivity index (χ3n) is 6.44. The summed E-state index contributed by atoms with van der Waals surface area (Å²) < 4.78 is 20.0. The molecule has 0 aliphatic heterocycles. The number of anilines is 1. The van der Waals surface area contributed by atoms with Gasteiger partial charge < -0.3 is 15.2 Å². The number of hydrogen-bond donors (Lipinski definition) is 2. The summed E-state index contributed by atoms with van der Waals surface area (Å²) in [6.45, 7) is 6.67. The molecule has 0 radical (unpaired) electrons. The molecule has 5 rings (SSSR count). The molecule has 0 saturated heterocycles. The second-order valence-electron chi connectivity index (χ2n) is 8.90. The summed E-state index contributed by atoms with van der Waals surface area (Å²) >= 11 is 0. The summed E-state index contributed by atoms with van der Waals surface area (Å²) in [7, 11) is 1.70. The number of carboxylic acids is 1. The summed E-state index contributed by atoms with van der Waals surface area (Å²) in [6.07, 6.45) is 2.79. The third-order valence-corrected chi connectivity index (χ3v) is 6.44. The fraction of sp³-hybridized carbons (Fsp3) is 0.258. The number of hydrogen-bond acceptors (Lipinski definition) is 4. The number of halogens is 1. The van der Waals surface area contributed by atoms with Crippen molar-refractivity contribution < 1.29 is 23.8 Å². The molecule has 1 aliphatic rings. The van der Waals surface area contributed by atoms with Crippen molar-refractivity contribution in [2.75, 3.05) is 12.4 Å². The van der Waals surface area contributed by atoms with Crippen molar-refractivity contribution in [2.24, 2.45) is 0 Å². The maximum Gasteiger partial charge on any atom is 0.314 e. The number of carboxylic acid groups (broad SMARTS) is 1. The molecule has 1 amide bonds. The van der Waals surface area contributed by atoms with E-state index in [1.54, 1.807) is 19.2 Å². The van der Waals surface area contributed by atoms with Crippen LogP contribution in [0.15, 0.2) is 79.0 Å². The lowest BCUT2D eigenvalue weighted by Crippen LogP contribution is -2.19. The number of nitrogens with one attached hydrogen (secondary N) is 1. The molecule has 1 aromatic heterocycles. The van der Waals surface area contributed by atoms with Crippen molar-refractivity contribution >= 4 is 18.2 Å². The van der Waals surface area contributed by atoms with Gasteiger partial charge in [-0.3, -0.25) is 9.59 Å². The average Bonchev–Trinajstić information content (AvgIpc) is 3.70. The van der Waals surface area contributed by atoms with Crippen molar-refractivity contribution in [3.63, 3.8) is 0 Å². The minimum Gasteiger partial charge on any atom is -0.481 e. The standard InChI is InChI=1S/C21H18FN3O3.C8H10O.C2H6/c1-13-10-15(21(8-9-21)20(27)28)4-7-17(13)14-2-5-16(6-3-14)25-19(23-12-26)18(22)11-24-25;1-9-7-8-5-3-2-4-6-8;1-2/h2-7,10-12H,8-9H2,1H3,(H,23,26)(H,27,28);2-6H,7H2,1H3;1-2H3. The van der Waals surface area contributed by atoms with E-state index in [0.29, 0.717) is 31.5 Å². The number of rotatable bonds is 8. The minimum atomic E-state index is -0.768. The van der Waals surface area contributed by atoms with Crippen LogP contribution in [-0.2, 0) is 26.3 Å². The molecule has 1 fully saturated rings. The smallest absolute Gasteiger partial charge is 0.314 e. The van der Waals surface area contributed by atoms with Gasteiger partial charge in [0.2, 0.25) is 6.41 Å². The Bertz CT molecular complexity index is 1380. The molecular formula is C31H34FN3O4. The lowest BCUT2D eigenvalue weighted by Gasteiger charge is -2.14. The molecule has 0 spiro atoms. The summed E-state index contributed by atoms with van der Waals surface area (Å²) in [5.74, 6) is -1.41. The van der Waals surface area contributed by atoms with Crippen molar-refractivity contribution in [3.05, 3.63) is 102 Å². The highest BCUT2D eigenvalue weighted by Gasteiger charge is 2.51. The summed E-state index contributed by atoms with van der Waals surface area (Å²) in [5, 5.41) is 15.7. The van der Waals surface area contributed by atoms with E-state index in [2.05, 4.69) is 10.4 Å². The van der Waals surface area contributed by atoms with Gasteiger partial charge in [0, 0.05) is 7.11 Å². The van der Waals surface area contributed by atoms with E-state index in [9.17, 15) is 19.1 Å². The lowest BCUT2D eigenvalue weighted by atomic mass is 9.91. The molecule has 0 atom stereocenters. The zero-order valence-corrected chi connectivity index (χ0v) is 22.6. The zero-order valence-electron chi connectivity index (χ0n) is 22.6. The fourth-order valence-electron chi connectivity index (χ4n) is 4.27. The van der Waals surface area contributed by atoms with Crippen molar-refractivity contribution in [3.8, 4) is 16.8 Å². The second-order valence-corrected chi connectivity index (χ2v) is 8.90. The predicted octanol–water partition coefficient (Wildman–Crippen LogP) is 6.53. The van der Waals surface area contributed by atoms with Gasteiger partial charge in [-0.2, -0.15) is 5.10 Å². The molecule has 204 valence electrons. The first kappa shape index (κ1) is 29.3. The Hall–Kier alpha value is -4.30. The van der Waals surface area contributed by atoms with E-state index in [4.69, 9.17) is 4.74 Å². The van der Waals surface area contributed by atoms with Crippen molar-refractivity contribution in [2.45, 2.75) is 45.6 Å². The van der Waals surface area contributed by atoms with Crippen LogP contribution in [0.1, 0.15) is 43.4 Å². The van der Waals surface area contributed by atoms with Crippen LogP contribution in [0.3, 0.4) is 0 Å². The lowest BCUT2D eigenvalue weighted by molar-refractivity contribution is -0.140. The average molecular weight is 532 g/mol. The molecule has 1 heterocycles. The van der Waals surface area contributed by atoms with E-state index in [-0.39, 0.29) is 5.82 Å². The molecule has 0 unspecified atom stereocenters. The van der Waals surface area contributed by atoms with Crippen LogP contribution < -0.4 is 5.32 Å². The number of carbonyl (C=O) groups is 2. The minimum absolute atomic E-state index is 0.0216. The van der Waals surface area contributed by atoms with Gasteiger partial charge in [-0.15, -0.1) is 0 Å². The van der Waals surface area contributed by atoms with Crippen molar-refractivity contribution in [1.82, 2.24) is 9.78 Å². The number of amides is 1. The van der Waals surface area contributed by atoms with Crippen LogP contribution in [0.4, 0.5) is 10.2 Å². The molecule has 4 aromatic rings. The zero-order chi connectivity index (χ0) is 28.4. The Morgan fingerprint density at radius 1 is 1.10 bits per heavy atom. The highest BCUT2D eigenvalue weighted by Crippen LogP contribution is 2.49. The van der Waals surface area contributed by atoms with Gasteiger partial charge in [-0.25, -0.2) is 9.07 Å². The van der Waals surface area contributed by atoms with E-state index in [0.717, 1.165) is 28.5 Å². The second kappa shape index (κ2) is 13.5. The topological polar surface area (TPSA) is 93.4 Å². The number of ether oxygens (including phenoxy) is 1. The number of aryl methyl sites for hydroxylation is 1. The molecule has 3 aromatic carbocycles. The number of carbonyl (C=O) groups excluding carboxylic acids is 1. The van der Waals surface area contributed by atoms with Gasteiger partial charge in [0.1, 0.15) is 0 Å². The Morgan fingerprint density at radius 3 is 2.31 bits per heavy atom. The van der Waals surface area contributed by atoms with E-state index < -0.39 is 17.2 Å². The number of aromatic nitrogens is 2. The monoisotopic (exact) mass is 531 g/mol. The fourth-order valence-corrected chi connectivity index (χ4v) is 4.27. The summed E-state index contributed by atoms with van der Waals surface area (Å²) in [5.41, 5.74) is 4.88. The molecule has 0 bridgehead atoms. The molecule has 39 heavy (non-hydrogen) atoms. The molecule has 8 heteroatoms. The number of benzene rings is 3. The summed E-state index contributed by atoms with van der Waals surface area (Å²) in [6, 6.07) is 23.2. The molecule has 7 nitrogen and oxygen atoms in total. The van der Waals surface area contributed by atoms with Gasteiger partial charge in [0.05, 0.1) is 23.9 Å². The quantitative estimate of drug-likeness (QED) is 0.252. The van der Waals surface area contributed by atoms with Gasteiger partial charge in [-0.1, -0.05) is 74.5 Å². The number of aliphatic carboxylic acids is 1. The van der Waals surface area contributed by atoms with Crippen LogP contribution in [0.25, 0.3) is 16.8 Å². The van der Waals surface area contributed by atoms with E-state index in [1.165, 1.54) is 10.2 Å². The maximum absolute atomic E-state index is 13.7. The highest BCUT2D eigenvalue weighted by molar-refractivity contribution is 5.85. The molecule has 1 aliphatic carbocycles. The van der Waals surface area contributed by atoms with Gasteiger partial charge in [0.25, 0.3) is 0 Å². The van der Waals surface area contributed by atoms with Crippen LogP contribution in [0.5, 0.6) is 0 Å². The largest absolute Gasteiger partial charge is 0.481 e. The Morgan fingerprint density at radius 2 is 1.77 bits per heavy atom. The Balaban J connectivity index is 0.000000322.